The number of methoxy groups -OCH3 is 1. The Bertz CT molecular complexity index is 769. The smallest absolute Gasteiger partial charge is 0.310 e. The van der Waals surface area contributed by atoms with Crippen LogP contribution in [-0.2, 0) is 22.4 Å². The molecule has 0 bridgehead atoms. The molecule has 0 aliphatic carbocycles. The molecule has 114 valence electrons. The lowest BCUT2D eigenvalue weighted by atomic mass is 10.1. The predicted octanol–water partition coefficient (Wildman–Crippen LogP) is 0.805. The van der Waals surface area contributed by atoms with Gasteiger partial charge in [-0.2, -0.15) is 0 Å². The van der Waals surface area contributed by atoms with Crippen LogP contribution in [0.3, 0.4) is 0 Å². The highest BCUT2D eigenvalue weighted by Gasteiger charge is 2.14. The van der Waals surface area contributed by atoms with Crippen LogP contribution < -0.4 is 15.0 Å². The number of hydrogen-bond acceptors (Lipinski definition) is 6. The Balaban J connectivity index is 1.77. The third-order valence-electron chi connectivity index (χ3n) is 3.30. The summed E-state index contributed by atoms with van der Waals surface area (Å²) in [5, 5.41) is 0. The second-order valence-electron chi connectivity index (χ2n) is 4.80. The molecular weight excluding hydrogens is 288 g/mol. The van der Waals surface area contributed by atoms with Crippen LogP contribution in [0.5, 0.6) is 11.5 Å². The van der Waals surface area contributed by atoms with E-state index in [2.05, 4.69) is 14.7 Å². The maximum Gasteiger partial charge on any atom is 0.310 e. The maximum absolute atomic E-state index is 11.9. The molecule has 0 radical (unpaired) electrons. The first-order valence-corrected chi connectivity index (χ1v) is 6.68. The zero-order valence-corrected chi connectivity index (χ0v) is 11.9. The van der Waals surface area contributed by atoms with Crippen molar-refractivity contribution < 1.29 is 19.0 Å². The molecule has 2 aromatic rings. The molecular formula is C15H14N2O5. The first kappa shape index (κ1) is 14.1. The van der Waals surface area contributed by atoms with Crippen molar-refractivity contribution in [3.8, 4) is 11.5 Å². The topological polar surface area (TPSA) is 90.5 Å². The van der Waals surface area contributed by atoms with Crippen LogP contribution in [0.25, 0.3) is 0 Å². The second kappa shape index (κ2) is 5.88. The molecule has 7 nitrogen and oxygen atoms in total. The van der Waals surface area contributed by atoms with Crippen molar-refractivity contribution in [2.45, 2.75) is 12.8 Å². The maximum atomic E-state index is 11.9. The fraction of sp³-hybridized carbons (Fsp3) is 0.267. The number of rotatable bonds is 4. The van der Waals surface area contributed by atoms with Crippen molar-refractivity contribution in [2.24, 2.45) is 0 Å². The normalized spacial score (nSPS) is 12.2. The number of nitrogens with zero attached hydrogens (tertiary/aromatic N) is 1. The highest BCUT2D eigenvalue weighted by molar-refractivity contribution is 5.72. The average Bonchev–Trinajstić information content (AvgIpc) is 2.97. The third kappa shape index (κ3) is 2.93. The van der Waals surface area contributed by atoms with E-state index >= 15 is 0 Å². The van der Waals surface area contributed by atoms with Gasteiger partial charge in [-0.05, 0) is 17.7 Å². The monoisotopic (exact) mass is 302 g/mol. The molecule has 2 heterocycles. The lowest BCUT2D eigenvalue weighted by Crippen LogP contribution is -2.19. The Morgan fingerprint density at radius 1 is 1.36 bits per heavy atom. The number of hydrogen-bond donors (Lipinski definition) is 1. The van der Waals surface area contributed by atoms with Crippen molar-refractivity contribution in [3.63, 3.8) is 0 Å². The highest BCUT2D eigenvalue weighted by atomic mass is 16.7. The van der Waals surface area contributed by atoms with Gasteiger partial charge >= 0.3 is 5.97 Å². The third-order valence-corrected chi connectivity index (χ3v) is 3.30. The first-order chi connectivity index (χ1) is 10.7. The van der Waals surface area contributed by atoms with E-state index in [4.69, 9.17) is 9.47 Å². The SMILES string of the molecule is COC(=O)Cc1cnc(Cc2ccc3c(c2)OCO3)[nH]c1=O. The zero-order chi connectivity index (χ0) is 15.5. The van der Waals surface area contributed by atoms with E-state index in [0.717, 1.165) is 5.56 Å². The molecule has 0 unspecified atom stereocenters. The molecule has 7 heteroatoms. The van der Waals surface area contributed by atoms with E-state index in [1.807, 2.05) is 18.2 Å². The summed E-state index contributed by atoms with van der Waals surface area (Å²) < 4.78 is 15.1. The predicted molar refractivity (Wildman–Crippen MR) is 75.9 cm³/mol. The molecule has 1 aliphatic rings. The number of H-pyrrole nitrogens is 1. The quantitative estimate of drug-likeness (QED) is 0.840. The minimum atomic E-state index is -0.476. The molecule has 1 aromatic carbocycles. The fourth-order valence-electron chi connectivity index (χ4n) is 2.15. The molecule has 1 aliphatic heterocycles. The molecule has 0 fully saturated rings. The van der Waals surface area contributed by atoms with Crippen LogP contribution in [0.1, 0.15) is 17.0 Å². The lowest BCUT2D eigenvalue weighted by molar-refractivity contribution is -0.139. The Morgan fingerprint density at radius 3 is 2.95 bits per heavy atom. The number of benzene rings is 1. The number of carbonyl (C=O) groups excluding carboxylic acids is 1. The van der Waals surface area contributed by atoms with E-state index < -0.39 is 5.97 Å². The summed E-state index contributed by atoms with van der Waals surface area (Å²) in [7, 11) is 1.28. The van der Waals surface area contributed by atoms with Gasteiger partial charge in [-0.15, -0.1) is 0 Å². The van der Waals surface area contributed by atoms with Gasteiger partial charge in [0.1, 0.15) is 5.82 Å². The van der Waals surface area contributed by atoms with Crippen LogP contribution in [0.15, 0.2) is 29.2 Å². The summed E-state index contributed by atoms with van der Waals surface area (Å²) in [5.41, 5.74) is 0.880. The van der Waals surface area contributed by atoms with Gasteiger partial charge < -0.3 is 19.2 Å². The van der Waals surface area contributed by atoms with Crippen LogP contribution in [0.2, 0.25) is 0 Å². The van der Waals surface area contributed by atoms with Gasteiger partial charge in [0.05, 0.1) is 13.5 Å². The molecule has 0 saturated heterocycles. The van der Waals surface area contributed by atoms with Crippen molar-refractivity contribution in [3.05, 3.63) is 51.7 Å². The van der Waals surface area contributed by atoms with Gasteiger partial charge in [-0.3, -0.25) is 9.59 Å². The van der Waals surface area contributed by atoms with Crippen LogP contribution in [-0.4, -0.2) is 29.8 Å². The molecule has 3 rings (SSSR count). The van der Waals surface area contributed by atoms with Crippen LogP contribution in [0.4, 0.5) is 0 Å². The number of carbonyl (C=O) groups is 1. The molecule has 22 heavy (non-hydrogen) atoms. The Hall–Kier alpha value is -2.83. The molecule has 1 aromatic heterocycles. The number of nitrogens with one attached hydrogen (secondary N) is 1. The van der Waals surface area contributed by atoms with E-state index in [1.165, 1.54) is 13.3 Å². The second-order valence-corrected chi connectivity index (χ2v) is 4.80. The van der Waals surface area contributed by atoms with Gasteiger partial charge in [0, 0.05) is 18.2 Å². The first-order valence-electron chi connectivity index (χ1n) is 6.68. The molecule has 0 atom stereocenters. The number of ether oxygens (including phenoxy) is 3. The lowest BCUT2D eigenvalue weighted by Gasteiger charge is -2.04. The zero-order valence-electron chi connectivity index (χ0n) is 11.9. The van der Waals surface area contributed by atoms with Crippen molar-refractivity contribution in [2.75, 3.05) is 13.9 Å². The molecule has 0 amide bonds. The summed E-state index contributed by atoms with van der Waals surface area (Å²) in [6.45, 7) is 0.218. The average molecular weight is 302 g/mol. The Kier molecular flexibility index (Phi) is 3.78. The highest BCUT2D eigenvalue weighted by Crippen LogP contribution is 2.32. The Labute approximate surface area is 125 Å². The Morgan fingerprint density at radius 2 is 2.18 bits per heavy atom. The number of aromatic nitrogens is 2. The summed E-state index contributed by atoms with van der Waals surface area (Å²) in [6, 6.07) is 5.56. The van der Waals surface area contributed by atoms with Crippen molar-refractivity contribution in [1.82, 2.24) is 9.97 Å². The summed E-state index contributed by atoms with van der Waals surface area (Å²) in [5.74, 6) is 1.43. The summed E-state index contributed by atoms with van der Waals surface area (Å²) in [6.07, 6.45) is 1.76. The van der Waals surface area contributed by atoms with Crippen LogP contribution >= 0.6 is 0 Å². The van der Waals surface area contributed by atoms with E-state index in [0.29, 0.717) is 23.7 Å². The van der Waals surface area contributed by atoms with Crippen molar-refractivity contribution >= 4 is 5.97 Å². The molecule has 0 saturated carbocycles. The van der Waals surface area contributed by atoms with Gasteiger partial charge in [0.2, 0.25) is 6.79 Å². The van der Waals surface area contributed by atoms with E-state index in [-0.39, 0.29) is 24.3 Å². The summed E-state index contributed by atoms with van der Waals surface area (Å²) >= 11 is 0. The molecule has 0 spiro atoms. The van der Waals surface area contributed by atoms with Crippen LogP contribution in [0, 0.1) is 0 Å². The van der Waals surface area contributed by atoms with E-state index in [9.17, 15) is 9.59 Å². The van der Waals surface area contributed by atoms with Gasteiger partial charge in [0.15, 0.2) is 11.5 Å². The minimum absolute atomic E-state index is 0.0941. The van der Waals surface area contributed by atoms with Crippen molar-refractivity contribution in [1.29, 1.82) is 0 Å². The fourth-order valence-corrected chi connectivity index (χ4v) is 2.15. The standard InChI is InChI=1S/C15H14N2O5/c1-20-14(18)6-10-7-16-13(17-15(10)19)5-9-2-3-11-12(4-9)22-8-21-11/h2-4,7H,5-6,8H2,1H3,(H,16,17,19). The van der Waals surface area contributed by atoms with Gasteiger partial charge in [-0.25, -0.2) is 4.98 Å². The summed E-state index contributed by atoms with van der Waals surface area (Å²) in [4.78, 5) is 30.0. The van der Waals surface area contributed by atoms with Gasteiger partial charge in [0.25, 0.3) is 5.56 Å². The number of esters is 1. The number of fused-ring (bicyclic) bond motifs is 1. The minimum Gasteiger partial charge on any atom is -0.469 e. The number of aromatic amines is 1. The van der Waals surface area contributed by atoms with E-state index in [1.54, 1.807) is 0 Å². The molecule has 1 N–H and O–H groups in total. The van der Waals surface area contributed by atoms with Gasteiger partial charge in [-0.1, -0.05) is 6.07 Å². The largest absolute Gasteiger partial charge is 0.469 e.